The largest absolute Gasteiger partial charge is 0.480 e. The Balaban J connectivity index is 2.34. The number of hydrogen-bond donors (Lipinski definition) is 3. The van der Waals surface area contributed by atoms with Gasteiger partial charge >= 0.3 is 12.0 Å². The molecule has 0 bridgehead atoms. The summed E-state index contributed by atoms with van der Waals surface area (Å²) in [6, 6.07) is -1.21. The summed E-state index contributed by atoms with van der Waals surface area (Å²) in [5.41, 5.74) is 0. The highest BCUT2D eigenvalue weighted by Gasteiger charge is 2.22. The molecule has 2 atom stereocenters. The molecule has 0 aromatic heterocycles. The van der Waals surface area contributed by atoms with Crippen molar-refractivity contribution in [2.45, 2.75) is 52.1 Å². The van der Waals surface area contributed by atoms with Gasteiger partial charge in [0, 0.05) is 12.6 Å². The smallest absolute Gasteiger partial charge is 0.326 e. The molecule has 0 radical (unpaired) electrons. The molecule has 116 valence electrons. The van der Waals surface area contributed by atoms with Crippen molar-refractivity contribution in [2.75, 3.05) is 19.6 Å². The number of carbonyl (C=O) groups is 2. The molecule has 1 rings (SSSR count). The first kappa shape index (κ1) is 16.8. The van der Waals surface area contributed by atoms with Crippen LogP contribution in [0.15, 0.2) is 0 Å². The maximum Gasteiger partial charge on any atom is 0.326 e. The van der Waals surface area contributed by atoms with E-state index in [9.17, 15) is 9.59 Å². The normalized spacial score (nSPS) is 18.8. The quantitative estimate of drug-likeness (QED) is 0.658. The minimum atomic E-state index is -0.985. The van der Waals surface area contributed by atoms with Crippen LogP contribution in [0.2, 0.25) is 0 Å². The van der Waals surface area contributed by atoms with Crippen LogP contribution in [-0.4, -0.2) is 53.7 Å². The number of carbonyl (C=O) groups excluding carboxylic acids is 1. The summed E-state index contributed by atoms with van der Waals surface area (Å²) in [4.78, 5) is 25.2. The molecule has 0 aromatic rings. The van der Waals surface area contributed by atoms with E-state index in [4.69, 9.17) is 5.11 Å². The predicted octanol–water partition coefficient (Wildman–Crippen LogP) is 1.27. The standard InChI is InChI=1S/C14H27N3O3/c1-10(2)8-12(13(18)19)16-14(20)15-11(3)9-17-6-4-5-7-17/h10-12H,4-9H2,1-3H3,(H,18,19)(H2,15,16,20)/t11?,12-/m0/s1. The lowest BCUT2D eigenvalue weighted by molar-refractivity contribution is -0.139. The molecule has 6 nitrogen and oxygen atoms in total. The molecule has 20 heavy (non-hydrogen) atoms. The molecule has 3 N–H and O–H groups in total. The molecule has 1 saturated heterocycles. The summed E-state index contributed by atoms with van der Waals surface area (Å²) in [7, 11) is 0. The van der Waals surface area contributed by atoms with Crippen molar-refractivity contribution in [2.24, 2.45) is 5.92 Å². The average Bonchev–Trinajstić information content (AvgIpc) is 2.79. The number of hydrogen-bond acceptors (Lipinski definition) is 3. The van der Waals surface area contributed by atoms with Crippen LogP contribution in [0, 0.1) is 5.92 Å². The number of nitrogens with one attached hydrogen (secondary N) is 2. The van der Waals surface area contributed by atoms with E-state index in [1.54, 1.807) is 0 Å². The highest BCUT2D eigenvalue weighted by molar-refractivity contribution is 5.82. The summed E-state index contributed by atoms with van der Waals surface area (Å²) in [6.07, 6.45) is 2.87. The van der Waals surface area contributed by atoms with Crippen LogP contribution in [0.1, 0.15) is 40.0 Å². The number of nitrogens with zero attached hydrogens (tertiary/aromatic N) is 1. The van der Waals surface area contributed by atoms with E-state index in [1.165, 1.54) is 12.8 Å². The minimum Gasteiger partial charge on any atom is -0.480 e. The number of carboxylic acids is 1. The first-order valence-corrected chi connectivity index (χ1v) is 7.40. The van der Waals surface area contributed by atoms with Crippen molar-refractivity contribution < 1.29 is 14.7 Å². The van der Waals surface area contributed by atoms with E-state index < -0.39 is 18.0 Å². The van der Waals surface area contributed by atoms with Gasteiger partial charge in [-0.05, 0) is 45.2 Å². The molecule has 0 aliphatic carbocycles. The Morgan fingerprint density at radius 1 is 1.15 bits per heavy atom. The maximum atomic E-state index is 11.8. The van der Waals surface area contributed by atoms with E-state index in [2.05, 4.69) is 15.5 Å². The van der Waals surface area contributed by atoms with Crippen molar-refractivity contribution in [1.29, 1.82) is 0 Å². The molecule has 0 spiro atoms. The first-order valence-electron chi connectivity index (χ1n) is 7.40. The Labute approximate surface area is 120 Å². The molecule has 1 aliphatic heterocycles. The maximum absolute atomic E-state index is 11.8. The molecule has 1 fully saturated rings. The summed E-state index contributed by atoms with van der Waals surface area (Å²) >= 11 is 0. The molecule has 0 saturated carbocycles. The van der Waals surface area contributed by atoms with E-state index in [0.717, 1.165) is 19.6 Å². The van der Waals surface area contributed by atoms with Gasteiger partial charge in [0.15, 0.2) is 0 Å². The summed E-state index contributed by atoms with van der Waals surface area (Å²) < 4.78 is 0. The van der Waals surface area contributed by atoms with Gasteiger partial charge < -0.3 is 20.6 Å². The Kier molecular flexibility index (Phi) is 6.78. The molecule has 1 heterocycles. The molecule has 0 aromatic carbocycles. The van der Waals surface area contributed by atoms with E-state index in [1.807, 2.05) is 20.8 Å². The number of carboxylic acid groups (broad SMARTS) is 1. The fourth-order valence-electron chi connectivity index (χ4n) is 2.51. The van der Waals surface area contributed by atoms with Gasteiger partial charge in [-0.25, -0.2) is 9.59 Å². The summed E-state index contributed by atoms with van der Waals surface area (Å²) in [6.45, 7) is 8.79. The zero-order chi connectivity index (χ0) is 15.1. The third kappa shape index (κ3) is 6.23. The van der Waals surface area contributed by atoms with Crippen LogP contribution < -0.4 is 10.6 Å². The second kappa shape index (κ2) is 8.09. The van der Waals surface area contributed by atoms with Crippen LogP contribution in [0.4, 0.5) is 4.79 Å². The van der Waals surface area contributed by atoms with Crippen molar-refractivity contribution in [3.8, 4) is 0 Å². The van der Waals surface area contributed by atoms with Crippen molar-refractivity contribution in [3.05, 3.63) is 0 Å². The average molecular weight is 285 g/mol. The van der Waals surface area contributed by atoms with E-state index in [0.29, 0.717) is 6.42 Å². The number of likely N-dealkylation sites (tertiary alicyclic amines) is 1. The number of urea groups is 1. The van der Waals surface area contributed by atoms with Gasteiger partial charge in [0.2, 0.25) is 0 Å². The SMILES string of the molecule is CC(C)C[C@H](NC(=O)NC(C)CN1CCCC1)C(=O)O. The Morgan fingerprint density at radius 3 is 2.25 bits per heavy atom. The number of rotatable bonds is 7. The van der Waals surface area contributed by atoms with Crippen molar-refractivity contribution in [3.63, 3.8) is 0 Å². The van der Waals surface area contributed by atoms with Crippen LogP contribution in [0.3, 0.4) is 0 Å². The molecular weight excluding hydrogens is 258 g/mol. The first-order chi connectivity index (χ1) is 9.38. The van der Waals surface area contributed by atoms with Gasteiger partial charge in [-0.2, -0.15) is 0 Å². The lowest BCUT2D eigenvalue weighted by Crippen LogP contribution is -2.50. The van der Waals surface area contributed by atoms with E-state index >= 15 is 0 Å². The van der Waals surface area contributed by atoms with Crippen LogP contribution >= 0.6 is 0 Å². The lowest BCUT2D eigenvalue weighted by Gasteiger charge is -2.23. The Hall–Kier alpha value is -1.30. The second-order valence-electron chi connectivity index (χ2n) is 6.05. The van der Waals surface area contributed by atoms with Gasteiger partial charge in [0.25, 0.3) is 0 Å². The molecule has 1 unspecified atom stereocenters. The zero-order valence-corrected chi connectivity index (χ0v) is 12.7. The third-order valence-electron chi connectivity index (χ3n) is 3.42. The predicted molar refractivity (Wildman–Crippen MR) is 77.7 cm³/mol. The van der Waals surface area contributed by atoms with Crippen LogP contribution in [0.5, 0.6) is 0 Å². The fraction of sp³-hybridized carbons (Fsp3) is 0.857. The molecule has 6 heteroatoms. The Bertz CT molecular complexity index is 328. The highest BCUT2D eigenvalue weighted by Crippen LogP contribution is 2.08. The molecular formula is C14H27N3O3. The van der Waals surface area contributed by atoms with Gasteiger partial charge in [-0.15, -0.1) is 0 Å². The van der Waals surface area contributed by atoms with Gasteiger partial charge in [0.1, 0.15) is 6.04 Å². The van der Waals surface area contributed by atoms with Gasteiger partial charge in [-0.1, -0.05) is 13.8 Å². The fourth-order valence-corrected chi connectivity index (χ4v) is 2.51. The summed E-state index contributed by atoms with van der Waals surface area (Å²) in [5.74, 6) is -0.764. The highest BCUT2D eigenvalue weighted by atomic mass is 16.4. The second-order valence-corrected chi connectivity index (χ2v) is 6.05. The monoisotopic (exact) mass is 285 g/mol. The molecule has 2 amide bonds. The van der Waals surface area contributed by atoms with E-state index in [-0.39, 0.29) is 12.0 Å². The van der Waals surface area contributed by atoms with Crippen molar-refractivity contribution >= 4 is 12.0 Å². The van der Waals surface area contributed by atoms with Gasteiger partial charge in [-0.3, -0.25) is 0 Å². The van der Waals surface area contributed by atoms with Crippen molar-refractivity contribution in [1.82, 2.24) is 15.5 Å². The van der Waals surface area contributed by atoms with Crippen LogP contribution in [-0.2, 0) is 4.79 Å². The zero-order valence-electron chi connectivity index (χ0n) is 12.7. The molecule has 1 aliphatic rings. The topological polar surface area (TPSA) is 81.7 Å². The lowest BCUT2D eigenvalue weighted by atomic mass is 10.0. The van der Waals surface area contributed by atoms with Gasteiger partial charge in [0.05, 0.1) is 0 Å². The minimum absolute atomic E-state index is 0.0154. The third-order valence-corrected chi connectivity index (χ3v) is 3.42. The summed E-state index contributed by atoms with van der Waals surface area (Å²) in [5, 5.41) is 14.4. The van der Waals surface area contributed by atoms with Crippen LogP contribution in [0.25, 0.3) is 0 Å². The Morgan fingerprint density at radius 2 is 1.75 bits per heavy atom. The number of amides is 2. The number of aliphatic carboxylic acids is 1.